The van der Waals surface area contributed by atoms with Crippen molar-refractivity contribution in [2.75, 3.05) is 84.6 Å². The van der Waals surface area contributed by atoms with Crippen LogP contribution in [0.2, 0.25) is 10.0 Å². The average Bonchev–Trinajstić information content (AvgIpc) is 4.19. The number of piperazine rings is 1. The number of anilines is 1. The summed E-state index contributed by atoms with van der Waals surface area (Å²) in [6.07, 6.45) is 0.245. The number of likely N-dealkylation sites (N-methyl/N-ethyl adjacent to an activating group) is 1. The molecule has 18 nitrogen and oxygen atoms in total. The van der Waals surface area contributed by atoms with Crippen molar-refractivity contribution in [3.63, 3.8) is 0 Å². The molecule has 5 aromatic heterocycles. The van der Waals surface area contributed by atoms with Gasteiger partial charge in [0.25, 0.3) is 6.01 Å². The fourth-order valence-electron chi connectivity index (χ4n) is 10.5. The van der Waals surface area contributed by atoms with Gasteiger partial charge in [0.05, 0.1) is 54.3 Å². The Labute approximate surface area is 419 Å². The molecule has 0 saturated carbocycles. The smallest absolute Gasteiger partial charge is 0.296 e. The predicted octanol–water partition coefficient (Wildman–Crippen LogP) is 5.84. The first-order valence-electron chi connectivity index (χ1n) is 23.9. The number of fused-ring (bicyclic) bond motifs is 5. The number of ether oxygens (including phenoxy) is 4. The number of aliphatic hydroxyl groups is 1. The van der Waals surface area contributed by atoms with Crippen LogP contribution in [0, 0.1) is 20.8 Å². The molecule has 0 bridgehead atoms. The maximum Gasteiger partial charge on any atom is 0.296 e. The molecule has 0 spiro atoms. The number of halogens is 2. The SMILES string of the molecule is COc1nc(N(C)CCN2CCN(C3CCN(C(=O)C[C@@H]4N=C(c5ccc(Cl)cc5)c5c(sc(C)c5C)-n5c(C)nnc54)CC3)CC2)ccc1-c1nc2nc(O[C@@H]3CO[C@H]4[C@@H]3OC[C@H]4O)[nH]c2cc1Cl. The summed E-state index contributed by atoms with van der Waals surface area (Å²) in [5, 5.41) is 21.3. The van der Waals surface area contributed by atoms with Crippen molar-refractivity contribution in [2.24, 2.45) is 4.99 Å². The van der Waals surface area contributed by atoms with Gasteiger partial charge in [-0.1, -0.05) is 35.3 Å². The number of pyridine rings is 2. The molecule has 2 N–H and O–H groups in total. The predicted molar refractivity (Wildman–Crippen MR) is 267 cm³/mol. The van der Waals surface area contributed by atoms with Crippen LogP contribution in [-0.2, 0) is 14.3 Å². The highest BCUT2D eigenvalue weighted by Crippen LogP contribution is 2.41. The maximum atomic E-state index is 14.1. The van der Waals surface area contributed by atoms with Gasteiger partial charge in [0, 0.05) is 86.5 Å². The van der Waals surface area contributed by atoms with Crippen molar-refractivity contribution in [3.8, 4) is 28.1 Å². The van der Waals surface area contributed by atoms with Crippen molar-refractivity contribution in [3.05, 3.63) is 85.7 Å². The molecule has 11 rings (SSSR count). The van der Waals surface area contributed by atoms with Gasteiger partial charge in [-0.2, -0.15) is 9.97 Å². The molecule has 10 heterocycles. The van der Waals surface area contributed by atoms with Gasteiger partial charge in [-0.05, 0) is 69.5 Å². The molecule has 368 valence electrons. The molecular weight excluding hydrogens is 956 g/mol. The number of carbonyl (C=O) groups is 1. The summed E-state index contributed by atoms with van der Waals surface area (Å²) in [7, 11) is 3.63. The first-order valence-corrected chi connectivity index (χ1v) is 25.5. The number of aromatic nitrogens is 7. The summed E-state index contributed by atoms with van der Waals surface area (Å²) < 4.78 is 25.4. The summed E-state index contributed by atoms with van der Waals surface area (Å²) in [6, 6.07) is 13.7. The van der Waals surface area contributed by atoms with E-state index >= 15 is 0 Å². The fourth-order valence-corrected chi connectivity index (χ4v) is 12.1. The number of hydrogen-bond acceptors (Lipinski definition) is 16. The highest BCUT2D eigenvalue weighted by molar-refractivity contribution is 7.15. The van der Waals surface area contributed by atoms with E-state index in [-0.39, 0.29) is 37.7 Å². The van der Waals surface area contributed by atoms with Crippen LogP contribution in [0.4, 0.5) is 5.82 Å². The van der Waals surface area contributed by atoms with Gasteiger partial charge in [0.1, 0.15) is 41.0 Å². The zero-order valence-electron chi connectivity index (χ0n) is 39.8. The van der Waals surface area contributed by atoms with Crippen LogP contribution in [0.1, 0.15) is 58.5 Å². The van der Waals surface area contributed by atoms with Gasteiger partial charge in [-0.3, -0.25) is 24.2 Å². The Balaban J connectivity index is 0.674. The molecule has 1 amide bonds. The largest absolute Gasteiger partial charge is 0.480 e. The van der Waals surface area contributed by atoms with Crippen LogP contribution in [0.3, 0.4) is 0 Å². The summed E-state index contributed by atoms with van der Waals surface area (Å²) >= 11 is 14.8. The quantitative estimate of drug-likeness (QED) is 0.149. The zero-order valence-corrected chi connectivity index (χ0v) is 42.1. The highest BCUT2D eigenvalue weighted by atomic mass is 35.5. The van der Waals surface area contributed by atoms with Crippen molar-refractivity contribution < 1.29 is 28.8 Å². The molecule has 1 aromatic carbocycles. The first-order chi connectivity index (χ1) is 33.9. The number of nitrogens with one attached hydrogen (secondary N) is 1. The van der Waals surface area contributed by atoms with E-state index in [4.69, 9.17) is 57.1 Å². The lowest BCUT2D eigenvalue weighted by Crippen LogP contribution is -2.54. The molecule has 6 aromatic rings. The Kier molecular flexibility index (Phi) is 13.1. The minimum absolute atomic E-state index is 0.0941. The van der Waals surface area contributed by atoms with Crippen LogP contribution < -0.4 is 14.4 Å². The first kappa shape index (κ1) is 47.1. The number of aromatic amines is 1. The molecule has 21 heteroatoms. The van der Waals surface area contributed by atoms with Crippen molar-refractivity contribution in [1.29, 1.82) is 0 Å². The van der Waals surface area contributed by atoms with E-state index in [1.165, 1.54) is 10.4 Å². The Morgan fingerprint density at radius 3 is 2.50 bits per heavy atom. The number of amides is 1. The number of aryl methyl sites for hydroxylation is 2. The number of piperidine rings is 1. The number of likely N-dealkylation sites (tertiary alicyclic amines) is 1. The Hall–Kier alpha value is -5.25. The minimum atomic E-state index is -0.670. The topological polar surface area (TPSA) is 185 Å². The van der Waals surface area contributed by atoms with Gasteiger partial charge < -0.3 is 38.8 Å². The number of aliphatic hydroxyl groups excluding tert-OH is 1. The Morgan fingerprint density at radius 2 is 1.73 bits per heavy atom. The number of thiophene rings is 1. The highest BCUT2D eigenvalue weighted by Gasteiger charge is 2.49. The molecule has 70 heavy (non-hydrogen) atoms. The number of benzene rings is 1. The zero-order chi connectivity index (χ0) is 48.4. The monoisotopic (exact) mass is 1010 g/mol. The van der Waals surface area contributed by atoms with Gasteiger partial charge in [0.2, 0.25) is 11.8 Å². The molecule has 5 atom stereocenters. The number of carbonyl (C=O) groups excluding carboxylic acids is 1. The molecule has 0 aliphatic carbocycles. The van der Waals surface area contributed by atoms with Crippen molar-refractivity contribution in [2.45, 2.75) is 76.5 Å². The van der Waals surface area contributed by atoms with E-state index in [1.54, 1.807) is 24.5 Å². The van der Waals surface area contributed by atoms with Crippen molar-refractivity contribution >= 4 is 63.1 Å². The summed E-state index contributed by atoms with van der Waals surface area (Å²) in [6.45, 7) is 13.8. The lowest BCUT2D eigenvalue weighted by molar-refractivity contribution is -0.133. The number of nitrogens with zero attached hydrogens (tertiary/aromatic N) is 11. The van der Waals surface area contributed by atoms with Crippen LogP contribution in [-0.4, -0.2) is 176 Å². The average molecular weight is 1010 g/mol. The van der Waals surface area contributed by atoms with Crippen LogP contribution in [0.5, 0.6) is 11.9 Å². The Morgan fingerprint density at radius 1 is 0.957 bits per heavy atom. The number of aliphatic imine (C=N–C) groups is 1. The molecule has 5 aliphatic heterocycles. The number of methoxy groups -OCH3 is 1. The molecule has 4 fully saturated rings. The molecule has 0 radical (unpaired) electrons. The molecule has 5 aliphatic rings. The minimum Gasteiger partial charge on any atom is -0.480 e. The van der Waals surface area contributed by atoms with Gasteiger partial charge in [0.15, 0.2) is 17.6 Å². The Bertz CT molecular complexity index is 2950. The molecular formula is C49H56Cl2N12O6S. The summed E-state index contributed by atoms with van der Waals surface area (Å²) in [4.78, 5) is 47.3. The second kappa shape index (κ2) is 19.4. The lowest BCUT2D eigenvalue weighted by Gasteiger charge is -2.43. The normalized spacial score (nSPS) is 23.0. The molecule has 0 unspecified atom stereocenters. The van der Waals surface area contributed by atoms with E-state index in [1.807, 2.05) is 55.3 Å². The number of rotatable bonds is 12. The fraction of sp³-hybridized carbons (Fsp3) is 0.490. The van der Waals surface area contributed by atoms with Gasteiger partial charge in [-0.15, -0.1) is 21.5 Å². The van der Waals surface area contributed by atoms with Crippen LogP contribution in [0.15, 0.2) is 47.5 Å². The van der Waals surface area contributed by atoms with E-state index in [0.717, 1.165) is 98.7 Å². The second-order valence-corrected chi connectivity index (χ2v) is 20.8. The van der Waals surface area contributed by atoms with E-state index in [2.05, 4.69) is 53.3 Å². The van der Waals surface area contributed by atoms with E-state index in [9.17, 15) is 9.90 Å². The maximum absolute atomic E-state index is 14.1. The second-order valence-electron chi connectivity index (χ2n) is 18.8. The number of imidazole rings is 1. The van der Waals surface area contributed by atoms with E-state index < -0.39 is 24.4 Å². The third kappa shape index (κ3) is 8.92. The third-order valence-electron chi connectivity index (χ3n) is 14.6. The van der Waals surface area contributed by atoms with Crippen molar-refractivity contribution in [1.82, 2.24) is 49.4 Å². The standard InChI is InChI=1S/C49H56Cl2N12O6S/c1-26-27(2)70-48-40(26)41(29-6-8-30(50)9-7-29)52-35(46-58-57-28(3)63(46)48)23-39(65)62-14-12-31(13-15-62)61-20-18-60(19-21-61)17-16-59(4)38-11-10-32(47(54-38)66-5)42-33(51)22-34-45(55-42)56-49(53-34)69-37-25-68-43-36(64)24-67-44(37)43/h6-11,22,31,35-37,43-44,64H,12-21,23-25H2,1-5H3,(H,53,55,56)/t35-,36+,37+,43+,44+/m0/s1. The molecule has 4 saturated heterocycles. The number of hydrogen-bond donors (Lipinski definition) is 2. The van der Waals surface area contributed by atoms with Crippen LogP contribution >= 0.6 is 34.5 Å². The number of H-pyrrole nitrogens is 1. The summed E-state index contributed by atoms with van der Waals surface area (Å²) in [5.41, 5.74) is 6.22. The lowest BCUT2D eigenvalue weighted by atomic mass is 9.99. The van der Waals surface area contributed by atoms with Gasteiger partial charge in [-0.25, -0.2) is 4.98 Å². The third-order valence-corrected chi connectivity index (χ3v) is 16.3. The van der Waals surface area contributed by atoms with Gasteiger partial charge >= 0.3 is 0 Å². The summed E-state index contributed by atoms with van der Waals surface area (Å²) in [5.74, 6) is 2.75. The van der Waals surface area contributed by atoms with E-state index in [0.29, 0.717) is 50.2 Å². The van der Waals surface area contributed by atoms with Crippen LogP contribution in [0.25, 0.3) is 27.4 Å².